The number of hydrogen-bond donors (Lipinski definition) is 1. The minimum Gasteiger partial charge on any atom is -0.481 e. The van der Waals surface area contributed by atoms with Crippen molar-refractivity contribution in [3.8, 4) is 0 Å². The van der Waals surface area contributed by atoms with E-state index in [-0.39, 0.29) is 6.42 Å². The molecule has 0 spiro atoms. The quantitative estimate of drug-likeness (QED) is 0.829. The van der Waals surface area contributed by atoms with Crippen molar-refractivity contribution in [1.29, 1.82) is 0 Å². The van der Waals surface area contributed by atoms with E-state index in [1.165, 1.54) is 0 Å². The number of nitrogens with zero attached hydrogens (tertiary/aromatic N) is 2. The van der Waals surface area contributed by atoms with Crippen LogP contribution in [0.25, 0.3) is 0 Å². The zero-order valence-corrected chi connectivity index (χ0v) is 12.4. The Morgan fingerprint density at radius 1 is 1.30 bits per heavy atom. The molecule has 0 saturated heterocycles. The zero-order chi connectivity index (χ0) is 14.5. The second-order valence-corrected chi connectivity index (χ2v) is 5.93. The van der Waals surface area contributed by atoms with Crippen LogP contribution in [0.4, 0.5) is 0 Å². The van der Waals surface area contributed by atoms with E-state index in [4.69, 9.17) is 5.11 Å². The molecule has 2 aromatic rings. The Labute approximate surface area is 122 Å². The first-order valence-electron chi connectivity index (χ1n) is 6.52. The van der Waals surface area contributed by atoms with Crippen molar-refractivity contribution in [2.24, 2.45) is 0 Å². The highest BCUT2D eigenvalue weighted by molar-refractivity contribution is 7.98. The average molecular weight is 290 g/mol. The molecule has 106 valence electrons. The van der Waals surface area contributed by atoms with Crippen LogP contribution in [0.2, 0.25) is 0 Å². The van der Waals surface area contributed by atoms with Crippen LogP contribution in [0.5, 0.6) is 0 Å². The molecule has 1 aromatic carbocycles. The van der Waals surface area contributed by atoms with E-state index < -0.39 is 5.97 Å². The van der Waals surface area contributed by atoms with Crippen molar-refractivity contribution >= 4 is 17.7 Å². The van der Waals surface area contributed by atoms with Crippen LogP contribution in [0.15, 0.2) is 41.4 Å². The van der Waals surface area contributed by atoms with Gasteiger partial charge in [0.2, 0.25) is 0 Å². The van der Waals surface area contributed by atoms with Gasteiger partial charge in [-0.2, -0.15) is 5.10 Å². The fourth-order valence-corrected chi connectivity index (χ4v) is 2.57. The largest absolute Gasteiger partial charge is 0.481 e. The van der Waals surface area contributed by atoms with E-state index in [1.54, 1.807) is 11.8 Å². The van der Waals surface area contributed by atoms with E-state index in [2.05, 4.69) is 18.9 Å². The standard InChI is InChI=1S/C15H18N2O2S/c1-11(2)17-8-7-13(16-17)10-20-14-5-3-12(4-6-14)9-15(18)19/h3-8,11H,9-10H2,1-2H3,(H,18,19). The Hall–Kier alpha value is -1.75. The van der Waals surface area contributed by atoms with Crippen molar-refractivity contribution in [2.45, 2.75) is 37.0 Å². The highest BCUT2D eigenvalue weighted by Gasteiger charge is 2.04. The number of benzene rings is 1. The Morgan fingerprint density at radius 3 is 2.55 bits per heavy atom. The molecule has 0 aliphatic rings. The van der Waals surface area contributed by atoms with Crippen LogP contribution in [0.1, 0.15) is 31.1 Å². The molecule has 0 radical (unpaired) electrons. The lowest BCUT2D eigenvalue weighted by Crippen LogP contribution is -2.01. The molecule has 1 N–H and O–H groups in total. The SMILES string of the molecule is CC(C)n1ccc(CSc2ccc(CC(=O)O)cc2)n1. The van der Waals surface area contributed by atoms with Crippen molar-refractivity contribution in [1.82, 2.24) is 9.78 Å². The molecule has 0 unspecified atom stereocenters. The molecule has 0 fully saturated rings. The molecule has 0 saturated carbocycles. The number of aliphatic carboxylic acids is 1. The second kappa shape index (κ2) is 6.61. The van der Waals surface area contributed by atoms with Gasteiger partial charge in [0.05, 0.1) is 12.1 Å². The summed E-state index contributed by atoms with van der Waals surface area (Å²) in [5.74, 6) is 0.0162. The molecule has 1 heterocycles. The lowest BCUT2D eigenvalue weighted by molar-refractivity contribution is -0.136. The molecular weight excluding hydrogens is 272 g/mol. The molecule has 2 rings (SSSR count). The molecule has 0 aliphatic carbocycles. The first kappa shape index (κ1) is 14.7. The maximum absolute atomic E-state index is 10.6. The first-order chi connectivity index (χ1) is 9.54. The van der Waals surface area contributed by atoms with Gasteiger partial charge < -0.3 is 5.11 Å². The van der Waals surface area contributed by atoms with Gasteiger partial charge in [0.1, 0.15) is 0 Å². The molecule has 0 bridgehead atoms. The van der Waals surface area contributed by atoms with Gasteiger partial charge in [-0.1, -0.05) is 12.1 Å². The van der Waals surface area contributed by atoms with Gasteiger partial charge in [-0.15, -0.1) is 11.8 Å². The fourth-order valence-electron chi connectivity index (χ4n) is 1.78. The normalized spacial score (nSPS) is 10.9. The van der Waals surface area contributed by atoms with Gasteiger partial charge in [0.25, 0.3) is 0 Å². The molecule has 5 heteroatoms. The smallest absolute Gasteiger partial charge is 0.307 e. The number of carboxylic acids is 1. The average Bonchev–Trinajstić information content (AvgIpc) is 2.86. The van der Waals surface area contributed by atoms with Crippen LogP contribution in [-0.4, -0.2) is 20.9 Å². The Balaban J connectivity index is 1.91. The molecule has 4 nitrogen and oxygen atoms in total. The van der Waals surface area contributed by atoms with Gasteiger partial charge in [-0.05, 0) is 37.6 Å². The van der Waals surface area contributed by atoms with Crippen LogP contribution < -0.4 is 0 Å². The van der Waals surface area contributed by atoms with Gasteiger partial charge in [0, 0.05) is 22.9 Å². The highest BCUT2D eigenvalue weighted by Crippen LogP contribution is 2.22. The number of carboxylic acid groups (broad SMARTS) is 1. The molecule has 0 aliphatic heterocycles. The van der Waals surface area contributed by atoms with Crippen molar-refractivity contribution in [2.75, 3.05) is 0 Å². The zero-order valence-electron chi connectivity index (χ0n) is 11.6. The van der Waals surface area contributed by atoms with Crippen LogP contribution in [0.3, 0.4) is 0 Å². The van der Waals surface area contributed by atoms with Crippen molar-refractivity contribution in [3.63, 3.8) is 0 Å². The lowest BCUT2D eigenvalue weighted by Gasteiger charge is -2.04. The summed E-state index contributed by atoms with van der Waals surface area (Å²) in [5, 5.41) is 13.2. The summed E-state index contributed by atoms with van der Waals surface area (Å²) >= 11 is 1.70. The molecule has 0 amide bonds. The van der Waals surface area contributed by atoms with Gasteiger partial charge in [-0.3, -0.25) is 9.48 Å². The highest BCUT2D eigenvalue weighted by atomic mass is 32.2. The predicted octanol–water partition coefficient (Wildman–Crippen LogP) is 3.38. The minimum absolute atomic E-state index is 0.0732. The number of hydrogen-bond acceptors (Lipinski definition) is 3. The maximum Gasteiger partial charge on any atom is 0.307 e. The van der Waals surface area contributed by atoms with Crippen LogP contribution >= 0.6 is 11.8 Å². The Kier molecular flexibility index (Phi) is 4.84. The fraction of sp³-hybridized carbons (Fsp3) is 0.333. The second-order valence-electron chi connectivity index (χ2n) is 4.88. The topological polar surface area (TPSA) is 55.1 Å². The molecule has 20 heavy (non-hydrogen) atoms. The summed E-state index contributed by atoms with van der Waals surface area (Å²) in [6.45, 7) is 4.20. The van der Waals surface area contributed by atoms with Crippen molar-refractivity contribution in [3.05, 3.63) is 47.8 Å². The van der Waals surface area contributed by atoms with E-state index in [9.17, 15) is 4.79 Å². The van der Waals surface area contributed by atoms with Gasteiger partial charge >= 0.3 is 5.97 Å². The Morgan fingerprint density at radius 2 is 2.00 bits per heavy atom. The summed E-state index contributed by atoms with van der Waals surface area (Å²) in [5.41, 5.74) is 1.88. The van der Waals surface area contributed by atoms with E-state index >= 15 is 0 Å². The summed E-state index contributed by atoms with van der Waals surface area (Å²) in [6.07, 6.45) is 2.07. The van der Waals surface area contributed by atoms with E-state index in [0.29, 0.717) is 6.04 Å². The van der Waals surface area contributed by atoms with Crippen LogP contribution in [0, 0.1) is 0 Å². The van der Waals surface area contributed by atoms with E-state index in [1.807, 2.05) is 41.2 Å². The molecular formula is C15H18N2O2S. The number of thioether (sulfide) groups is 1. The summed E-state index contributed by atoms with van der Waals surface area (Å²) < 4.78 is 1.95. The third-order valence-electron chi connectivity index (χ3n) is 2.86. The van der Waals surface area contributed by atoms with Gasteiger partial charge in [-0.25, -0.2) is 0 Å². The molecule has 1 aromatic heterocycles. The Bertz CT molecular complexity index is 576. The third kappa shape index (κ3) is 4.13. The predicted molar refractivity (Wildman–Crippen MR) is 80.0 cm³/mol. The first-order valence-corrected chi connectivity index (χ1v) is 7.50. The lowest BCUT2D eigenvalue weighted by atomic mass is 10.2. The number of rotatable bonds is 6. The van der Waals surface area contributed by atoms with Gasteiger partial charge in [0.15, 0.2) is 0 Å². The van der Waals surface area contributed by atoms with Crippen molar-refractivity contribution < 1.29 is 9.90 Å². The minimum atomic E-state index is -0.801. The molecule has 0 atom stereocenters. The van der Waals surface area contributed by atoms with Crippen LogP contribution in [-0.2, 0) is 17.0 Å². The monoisotopic (exact) mass is 290 g/mol. The summed E-state index contributed by atoms with van der Waals surface area (Å²) in [6, 6.07) is 10.1. The third-order valence-corrected chi connectivity index (χ3v) is 3.90. The number of carbonyl (C=O) groups is 1. The summed E-state index contributed by atoms with van der Waals surface area (Å²) in [4.78, 5) is 11.7. The summed E-state index contributed by atoms with van der Waals surface area (Å²) in [7, 11) is 0. The number of aromatic nitrogens is 2. The maximum atomic E-state index is 10.6. The van der Waals surface area contributed by atoms with E-state index in [0.717, 1.165) is 21.9 Å².